The van der Waals surface area contributed by atoms with Crippen LogP contribution in [0.2, 0.25) is 10.0 Å². The van der Waals surface area contributed by atoms with Gasteiger partial charge in [-0.05, 0) is 25.5 Å². The van der Waals surface area contributed by atoms with Gasteiger partial charge < -0.3 is 10.1 Å². The lowest BCUT2D eigenvalue weighted by Gasteiger charge is -2.11. The number of hydrogen-bond acceptors (Lipinski definition) is 4. The summed E-state index contributed by atoms with van der Waals surface area (Å²) in [5.74, 6) is 1.84. The molecule has 0 bridgehead atoms. The Hall–Kier alpha value is -1.52. The van der Waals surface area contributed by atoms with Crippen LogP contribution in [0.3, 0.4) is 0 Å². The van der Waals surface area contributed by atoms with Gasteiger partial charge in [-0.25, -0.2) is 9.97 Å². The summed E-state index contributed by atoms with van der Waals surface area (Å²) >= 11 is 12.1. The van der Waals surface area contributed by atoms with Crippen LogP contribution in [-0.2, 0) is 6.61 Å². The third-order valence-corrected chi connectivity index (χ3v) is 3.32. The SMILES string of the molecule is CCCNc1cc(C)nc(COc2c(Cl)cccc2Cl)n1. The van der Waals surface area contributed by atoms with Gasteiger partial charge in [0.05, 0.1) is 10.0 Å². The van der Waals surface area contributed by atoms with Gasteiger partial charge in [-0.2, -0.15) is 0 Å². The molecule has 0 saturated carbocycles. The van der Waals surface area contributed by atoms with Gasteiger partial charge in [-0.15, -0.1) is 0 Å². The molecule has 1 aromatic carbocycles. The minimum atomic E-state index is 0.214. The maximum atomic E-state index is 6.06. The van der Waals surface area contributed by atoms with Gasteiger partial charge in [0.15, 0.2) is 11.6 Å². The van der Waals surface area contributed by atoms with E-state index < -0.39 is 0 Å². The van der Waals surface area contributed by atoms with Crippen molar-refractivity contribution in [1.82, 2.24) is 9.97 Å². The van der Waals surface area contributed by atoms with Crippen LogP contribution in [0.4, 0.5) is 5.82 Å². The molecule has 2 rings (SSSR count). The molecular formula is C15H17Cl2N3O. The van der Waals surface area contributed by atoms with Crippen molar-refractivity contribution in [3.8, 4) is 5.75 Å². The van der Waals surface area contributed by atoms with Crippen LogP contribution >= 0.6 is 23.2 Å². The van der Waals surface area contributed by atoms with Crippen LogP contribution < -0.4 is 10.1 Å². The summed E-state index contributed by atoms with van der Waals surface area (Å²) in [5, 5.41) is 4.18. The number of para-hydroxylation sites is 1. The van der Waals surface area contributed by atoms with Gasteiger partial charge in [0.1, 0.15) is 12.4 Å². The van der Waals surface area contributed by atoms with Gasteiger partial charge in [-0.3, -0.25) is 0 Å². The minimum Gasteiger partial charge on any atom is -0.482 e. The van der Waals surface area contributed by atoms with E-state index in [2.05, 4.69) is 22.2 Å². The summed E-state index contributed by atoms with van der Waals surface area (Å²) in [4.78, 5) is 8.77. The van der Waals surface area contributed by atoms with Crippen LogP contribution in [-0.4, -0.2) is 16.5 Å². The molecule has 0 spiro atoms. The molecule has 0 amide bonds. The molecule has 0 fully saturated rings. The third kappa shape index (κ3) is 4.48. The molecule has 4 nitrogen and oxygen atoms in total. The molecule has 21 heavy (non-hydrogen) atoms. The van der Waals surface area contributed by atoms with E-state index in [1.807, 2.05) is 13.0 Å². The highest BCUT2D eigenvalue weighted by molar-refractivity contribution is 6.37. The van der Waals surface area contributed by atoms with Crippen molar-refractivity contribution in [2.75, 3.05) is 11.9 Å². The summed E-state index contributed by atoms with van der Waals surface area (Å²) in [6.07, 6.45) is 1.03. The molecule has 112 valence electrons. The first kappa shape index (κ1) is 15.9. The van der Waals surface area contributed by atoms with Gasteiger partial charge in [0.2, 0.25) is 0 Å². The number of aromatic nitrogens is 2. The molecule has 1 aromatic heterocycles. The molecule has 2 aromatic rings. The molecule has 0 aliphatic rings. The molecule has 0 atom stereocenters. The molecule has 0 radical (unpaired) electrons. The Morgan fingerprint density at radius 2 is 1.90 bits per heavy atom. The number of anilines is 1. The smallest absolute Gasteiger partial charge is 0.168 e. The van der Waals surface area contributed by atoms with Gasteiger partial charge in [-0.1, -0.05) is 36.2 Å². The Labute approximate surface area is 134 Å². The molecular weight excluding hydrogens is 309 g/mol. The van der Waals surface area contributed by atoms with Gasteiger partial charge >= 0.3 is 0 Å². The number of nitrogens with zero attached hydrogens (tertiary/aromatic N) is 2. The van der Waals surface area contributed by atoms with E-state index in [0.717, 1.165) is 24.5 Å². The Kier molecular flexibility index (Phi) is 5.65. The first-order valence-electron chi connectivity index (χ1n) is 6.75. The Balaban J connectivity index is 2.11. The Morgan fingerprint density at radius 3 is 2.57 bits per heavy atom. The summed E-state index contributed by atoms with van der Waals surface area (Å²) in [5.41, 5.74) is 0.882. The summed E-state index contributed by atoms with van der Waals surface area (Å²) in [7, 11) is 0. The fourth-order valence-corrected chi connectivity index (χ4v) is 2.30. The average molecular weight is 326 g/mol. The lowest BCUT2D eigenvalue weighted by Crippen LogP contribution is -2.08. The minimum absolute atomic E-state index is 0.214. The van der Waals surface area contributed by atoms with Crippen LogP contribution in [0.15, 0.2) is 24.3 Å². The predicted molar refractivity (Wildman–Crippen MR) is 86.3 cm³/mol. The van der Waals surface area contributed by atoms with Crippen molar-refractivity contribution < 1.29 is 4.74 Å². The van der Waals surface area contributed by atoms with E-state index in [1.54, 1.807) is 18.2 Å². The van der Waals surface area contributed by atoms with Crippen molar-refractivity contribution in [3.63, 3.8) is 0 Å². The maximum Gasteiger partial charge on any atom is 0.168 e. The maximum absolute atomic E-state index is 6.06. The molecule has 1 N–H and O–H groups in total. The van der Waals surface area contributed by atoms with Crippen LogP contribution in [0, 0.1) is 6.92 Å². The fraction of sp³-hybridized carbons (Fsp3) is 0.333. The molecule has 6 heteroatoms. The highest BCUT2D eigenvalue weighted by Crippen LogP contribution is 2.32. The van der Waals surface area contributed by atoms with Crippen molar-refractivity contribution in [3.05, 3.63) is 45.8 Å². The van der Waals surface area contributed by atoms with E-state index in [4.69, 9.17) is 27.9 Å². The normalized spacial score (nSPS) is 10.5. The second-order valence-corrected chi connectivity index (χ2v) is 5.39. The number of ether oxygens (including phenoxy) is 1. The molecule has 0 aliphatic carbocycles. The topological polar surface area (TPSA) is 47.0 Å². The molecule has 0 aliphatic heterocycles. The lowest BCUT2D eigenvalue weighted by atomic mass is 10.3. The van der Waals surface area contributed by atoms with Crippen molar-refractivity contribution in [2.45, 2.75) is 26.9 Å². The zero-order chi connectivity index (χ0) is 15.2. The monoisotopic (exact) mass is 325 g/mol. The van der Waals surface area contributed by atoms with E-state index in [-0.39, 0.29) is 6.61 Å². The van der Waals surface area contributed by atoms with Crippen LogP contribution in [0.5, 0.6) is 5.75 Å². The van der Waals surface area contributed by atoms with Crippen molar-refractivity contribution in [1.29, 1.82) is 0 Å². The zero-order valence-electron chi connectivity index (χ0n) is 12.0. The molecule has 0 saturated heterocycles. The number of hydrogen-bond donors (Lipinski definition) is 1. The van der Waals surface area contributed by atoms with E-state index >= 15 is 0 Å². The number of aryl methyl sites for hydroxylation is 1. The largest absolute Gasteiger partial charge is 0.482 e. The van der Waals surface area contributed by atoms with E-state index in [9.17, 15) is 0 Å². The fourth-order valence-electron chi connectivity index (χ4n) is 1.80. The number of halogens is 2. The van der Waals surface area contributed by atoms with Crippen molar-refractivity contribution in [2.24, 2.45) is 0 Å². The first-order chi connectivity index (χ1) is 10.1. The Morgan fingerprint density at radius 1 is 1.19 bits per heavy atom. The van der Waals surface area contributed by atoms with E-state index in [1.165, 1.54) is 0 Å². The second kappa shape index (κ2) is 7.48. The van der Waals surface area contributed by atoms with Crippen molar-refractivity contribution >= 4 is 29.0 Å². The quantitative estimate of drug-likeness (QED) is 0.849. The summed E-state index contributed by atoms with van der Waals surface area (Å²) < 4.78 is 5.65. The van der Waals surface area contributed by atoms with E-state index in [0.29, 0.717) is 21.6 Å². The summed E-state index contributed by atoms with van der Waals surface area (Å²) in [6.45, 7) is 5.11. The number of nitrogens with one attached hydrogen (secondary N) is 1. The second-order valence-electron chi connectivity index (χ2n) is 4.58. The third-order valence-electron chi connectivity index (χ3n) is 2.72. The molecule has 0 unspecified atom stereocenters. The zero-order valence-corrected chi connectivity index (χ0v) is 13.5. The predicted octanol–water partition coefficient (Wildman–Crippen LogP) is 4.49. The molecule has 1 heterocycles. The Bertz CT molecular complexity index is 600. The van der Waals surface area contributed by atoms with Gasteiger partial charge in [0.25, 0.3) is 0 Å². The number of benzene rings is 1. The van der Waals surface area contributed by atoms with Crippen LogP contribution in [0.1, 0.15) is 24.9 Å². The highest BCUT2D eigenvalue weighted by atomic mass is 35.5. The van der Waals surface area contributed by atoms with Crippen LogP contribution in [0.25, 0.3) is 0 Å². The standard InChI is InChI=1S/C15H17Cl2N3O/c1-3-7-18-13-8-10(2)19-14(20-13)9-21-15-11(16)5-4-6-12(15)17/h4-6,8H,3,7,9H2,1-2H3,(H,18,19,20). The highest BCUT2D eigenvalue weighted by Gasteiger charge is 2.09. The lowest BCUT2D eigenvalue weighted by molar-refractivity contribution is 0.296. The van der Waals surface area contributed by atoms with Gasteiger partial charge in [0, 0.05) is 18.3 Å². The average Bonchev–Trinajstić information content (AvgIpc) is 2.44. The number of rotatable bonds is 6. The first-order valence-corrected chi connectivity index (χ1v) is 7.51. The summed E-state index contributed by atoms with van der Waals surface area (Å²) in [6, 6.07) is 7.14.